The van der Waals surface area contributed by atoms with Crippen LogP contribution in [0, 0.1) is 5.82 Å². The lowest BCUT2D eigenvalue weighted by Crippen LogP contribution is -2.08. The molecule has 2 aromatic rings. The van der Waals surface area contributed by atoms with Gasteiger partial charge in [-0.15, -0.1) is 0 Å². The Morgan fingerprint density at radius 2 is 1.81 bits per heavy atom. The van der Waals surface area contributed by atoms with Crippen molar-refractivity contribution in [2.45, 2.75) is 6.18 Å². The van der Waals surface area contributed by atoms with Gasteiger partial charge in [0.25, 0.3) is 0 Å². The van der Waals surface area contributed by atoms with E-state index in [0.29, 0.717) is 6.07 Å². The average Bonchev–Trinajstić information content (AvgIpc) is 2.16. The van der Waals surface area contributed by atoms with E-state index in [1.807, 2.05) is 0 Å². The highest BCUT2D eigenvalue weighted by Crippen LogP contribution is 2.35. The van der Waals surface area contributed by atoms with E-state index in [4.69, 9.17) is 5.73 Å². The second kappa shape index (κ2) is 3.33. The van der Waals surface area contributed by atoms with Crippen molar-refractivity contribution >= 4 is 16.7 Å². The molecule has 0 fully saturated rings. The van der Waals surface area contributed by atoms with E-state index in [-0.39, 0.29) is 16.7 Å². The zero-order chi connectivity index (χ0) is 11.9. The smallest absolute Gasteiger partial charge is 0.384 e. The van der Waals surface area contributed by atoms with Gasteiger partial charge in [-0.05, 0) is 24.3 Å². The maximum absolute atomic E-state index is 12.9. The number of nitrogens with two attached hydrogens (primary N) is 1. The fourth-order valence-corrected chi connectivity index (χ4v) is 1.45. The molecule has 0 amide bonds. The number of halogens is 4. The summed E-state index contributed by atoms with van der Waals surface area (Å²) in [5.74, 6) is -0.990. The van der Waals surface area contributed by atoms with Gasteiger partial charge in [-0.25, -0.2) is 9.37 Å². The van der Waals surface area contributed by atoms with Crippen LogP contribution in [0.4, 0.5) is 23.4 Å². The van der Waals surface area contributed by atoms with Gasteiger partial charge >= 0.3 is 6.18 Å². The number of alkyl halides is 3. The highest BCUT2D eigenvalue weighted by molar-refractivity contribution is 5.84. The number of nitrogen functional groups attached to an aromatic ring is 1. The lowest BCUT2D eigenvalue weighted by Gasteiger charge is -2.10. The molecule has 0 aliphatic carbocycles. The molecule has 2 rings (SSSR count). The van der Waals surface area contributed by atoms with E-state index in [1.165, 1.54) is 0 Å². The van der Waals surface area contributed by atoms with Crippen molar-refractivity contribution in [1.29, 1.82) is 0 Å². The molecule has 1 heterocycles. The zero-order valence-corrected chi connectivity index (χ0v) is 7.85. The van der Waals surface area contributed by atoms with Crippen molar-refractivity contribution in [2.24, 2.45) is 0 Å². The maximum atomic E-state index is 12.9. The van der Waals surface area contributed by atoms with Crippen LogP contribution in [0.15, 0.2) is 24.3 Å². The normalized spacial score (nSPS) is 12.0. The first kappa shape index (κ1) is 10.7. The Kier molecular flexibility index (Phi) is 2.22. The minimum Gasteiger partial charge on any atom is -0.384 e. The van der Waals surface area contributed by atoms with Crippen molar-refractivity contribution in [3.05, 3.63) is 35.6 Å². The van der Waals surface area contributed by atoms with Crippen molar-refractivity contribution in [3.8, 4) is 0 Å². The van der Waals surface area contributed by atoms with Gasteiger partial charge in [-0.1, -0.05) is 0 Å². The number of nitrogens with zero attached hydrogens (tertiary/aromatic N) is 1. The first-order valence-corrected chi connectivity index (χ1v) is 4.31. The number of aromatic nitrogens is 1. The molecule has 1 aromatic carbocycles. The van der Waals surface area contributed by atoms with Gasteiger partial charge in [0.2, 0.25) is 0 Å². The molecule has 0 saturated heterocycles. The number of fused-ring (bicyclic) bond motifs is 1. The summed E-state index contributed by atoms with van der Waals surface area (Å²) in [7, 11) is 0. The van der Waals surface area contributed by atoms with Gasteiger partial charge in [0, 0.05) is 5.39 Å². The van der Waals surface area contributed by atoms with Crippen LogP contribution in [0.3, 0.4) is 0 Å². The number of hydrogen-bond acceptors (Lipinski definition) is 2. The standard InChI is InChI=1S/C10H6F4N2/c11-5-1-2-8-6(3-5)7(10(12,13)14)4-9(15)16-8/h1-4H,(H2,15,16). The number of pyridine rings is 1. The van der Waals surface area contributed by atoms with Gasteiger partial charge in [-0.2, -0.15) is 13.2 Å². The lowest BCUT2D eigenvalue weighted by molar-refractivity contribution is -0.136. The predicted molar refractivity (Wildman–Crippen MR) is 51.1 cm³/mol. The molecule has 6 heteroatoms. The van der Waals surface area contributed by atoms with Crippen LogP contribution in [0.1, 0.15) is 5.56 Å². The topological polar surface area (TPSA) is 38.9 Å². The second-order valence-corrected chi connectivity index (χ2v) is 3.25. The first-order chi connectivity index (χ1) is 7.38. The van der Waals surface area contributed by atoms with Crippen LogP contribution in [-0.2, 0) is 6.18 Å². The molecule has 0 spiro atoms. The largest absolute Gasteiger partial charge is 0.417 e. The molecule has 1 aromatic heterocycles. The molecule has 2 N–H and O–H groups in total. The summed E-state index contributed by atoms with van der Waals surface area (Å²) in [6.07, 6.45) is -4.58. The predicted octanol–water partition coefficient (Wildman–Crippen LogP) is 2.97. The highest BCUT2D eigenvalue weighted by atomic mass is 19.4. The number of rotatable bonds is 0. The van der Waals surface area contributed by atoms with Crippen LogP contribution >= 0.6 is 0 Å². The third kappa shape index (κ3) is 1.78. The molecule has 0 bridgehead atoms. The fourth-order valence-electron chi connectivity index (χ4n) is 1.45. The van der Waals surface area contributed by atoms with Gasteiger partial charge in [-0.3, -0.25) is 0 Å². The van der Waals surface area contributed by atoms with Crippen LogP contribution in [0.2, 0.25) is 0 Å². The molecular weight excluding hydrogens is 224 g/mol. The molecule has 84 valence electrons. The zero-order valence-electron chi connectivity index (χ0n) is 7.85. The third-order valence-electron chi connectivity index (χ3n) is 2.10. The Morgan fingerprint density at radius 3 is 2.44 bits per heavy atom. The molecule has 16 heavy (non-hydrogen) atoms. The molecule has 2 nitrogen and oxygen atoms in total. The third-order valence-corrected chi connectivity index (χ3v) is 2.10. The van der Waals surface area contributed by atoms with E-state index >= 15 is 0 Å². The first-order valence-electron chi connectivity index (χ1n) is 4.31. The molecular formula is C10H6F4N2. The summed E-state index contributed by atoms with van der Waals surface area (Å²) >= 11 is 0. The molecule has 0 aliphatic heterocycles. The molecule has 0 atom stereocenters. The summed E-state index contributed by atoms with van der Waals surface area (Å²) < 4.78 is 50.8. The summed E-state index contributed by atoms with van der Waals surface area (Å²) in [4.78, 5) is 3.70. The van der Waals surface area contributed by atoms with Crippen molar-refractivity contribution in [1.82, 2.24) is 4.98 Å². The lowest BCUT2D eigenvalue weighted by atomic mass is 10.1. The Hall–Kier alpha value is -1.85. The van der Waals surface area contributed by atoms with E-state index < -0.39 is 17.6 Å². The SMILES string of the molecule is Nc1cc(C(F)(F)F)c2cc(F)ccc2n1. The number of hydrogen-bond donors (Lipinski definition) is 1. The van der Waals surface area contributed by atoms with Gasteiger partial charge in [0.05, 0.1) is 11.1 Å². The quantitative estimate of drug-likeness (QED) is 0.706. The number of anilines is 1. The Balaban J connectivity index is 2.85. The fraction of sp³-hybridized carbons (Fsp3) is 0.100. The van der Waals surface area contributed by atoms with Crippen molar-refractivity contribution < 1.29 is 17.6 Å². The average molecular weight is 230 g/mol. The van der Waals surface area contributed by atoms with E-state index in [1.54, 1.807) is 0 Å². The van der Waals surface area contributed by atoms with Gasteiger partial charge in [0.15, 0.2) is 0 Å². The second-order valence-electron chi connectivity index (χ2n) is 3.25. The Bertz CT molecular complexity index is 548. The molecule has 0 unspecified atom stereocenters. The van der Waals surface area contributed by atoms with Crippen LogP contribution in [0.25, 0.3) is 10.9 Å². The number of benzene rings is 1. The van der Waals surface area contributed by atoms with Gasteiger partial charge in [0.1, 0.15) is 11.6 Å². The van der Waals surface area contributed by atoms with E-state index in [0.717, 1.165) is 18.2 Å². The van der Waals surface area contributed by atoms with E-state index in [9.17, 15) is 17.6 Å². The highest BCUT2D eigenvalue weighted by Gasteiger charge is 2.33. The summed E-state index contributed by atoms with van der Waals surface area (Å²) in [6.45, 7) is 0. The van der Waals surface area contributed by atoms with Crippen molar-refractivity contribution in [2.75, 3.05) is 5.73 Å². The minimum absolute atomic E-state index is 0.0220. The van der Waals surface area contributed by atoms with Crippen molar-refractivity contribution in [3.63, 3.8) is 0 Å². The Labute approximate surface area is 87.7 Å². The minimum atomic E-state index is -4.58. The molecule has 0 radical (unpaired) electrons. The monoisotopic (exact) mass is 230 g/mol. The summed E-state index contributed by atoms with van der Waals surface area (Å²) in [6, 6.07) is 3.69. The summed E-state index contributed by atoms with van der Waals surface area (Å²) in [5.41, 5.74) is 4.30. The van der Waals surface area contributed by atoms with Gasteiger partial charge < -0.3 is 5.73 Å². The maximum Gasteiger partial charge on any atom is 0.417 e. The summed E-state index contributed by atoms with van der Waals surface area (Å²) in [5, 5.41) is -0.290. The van der Waals surface area contributed by atoms with Crippen LogP contribution in [-0.4, -0.2) is 4.98 Å². The van der Waals surface area contributed by atoms with Crippen LogP contribution in [0.5, 0.6) is 0 Å². The molecule has 0 saturated carbocycles. The molecule has 0 aliphatic rings. The van der Waals surface area contributed by atoms with Crippen LogP contribution < -0.4 is 5.73 Å². The Morgan fingerprint density at radius 1 is 1.12 bits per heavy atom. The van der Waals surface area contributed by atoms with E-state index in [2.05, 4.69) is 4.98 Å².